The van der Waals surface area contributed by atoms with Gasteiger partial charge in [0.25, 0.3) is 5.91 Å². The highest BCUT2D eigenvalue weighted by molar-refractivity contribution is 7.53. The van der Waals surface area contributed by atoms with Gasteiger partial charge in [0.1, 0.15) is 24.3 Å². The highest BCUT2D eigenvalue weighted by Crippen LogP contribution is 2.52. The molecule has 1 aromatic carbocycles. The van der Waals surface area contributed by atoms with E-state index in [1.165, 1.54) is 11.3 Å². The minimum absolute atomic E-state index is 0.0316. The zero-order chi connectivity index (χ0) is 44.2. The van der Waals surface area contributed by atoms with E-state index in [9.17, 15) is 28.5 Å². The average Bonchev–Trinajstić information content (AvgIpc) is 3.62. The third-order valence-electron chi connectivity index (χ3n) is 13.1. The fourth-order valence-corrected chi connectivity index (χ4v) is 11.7. The van der Waals surface area contributed by atoms with Crippen molar-refractivity contribution in [3.8, 4) is 0 Å². The van der Waals surface area contributed by atoms with E-state index < -0.39 is 51.5 Å². The van der Waals surface area contributed by atoms with Crippen LogP contribution in [0.15, 0.2) is 48.8 Å². The van der Waals surface area contributed by atoms with Crippen molar-refractivity contribution in [2.45, 2.75) is 100 Å². The van der Waals surface area contributed by atoms with E-state index in [0.717, 1.165) is 29.5 Å². The minimum Gasteiger partial charge on any atom is -0.431 e. The SMILES string of the molecule is O=C(OCOP(=O)(Cc1ccc2sc(C(=O)N[C@H]3C[C@H]4C[C@H]4C[C@H]4CC[C@@H](C(=O)N5CC(c6cccnc6)C5)N4C3=O)cc2c1)OCOC(=O)OC1CCOCC1)OC1CCOCC1. The number of fused-ring (bicyclic) bond motifs is 3. The third kappa shape index (κ3) is 10.7. The summed E-state index contributed by atoms with van der Waals surface area (Å²) in [5.74, 6) is 0.402. The molecule has 0 spiro atoms. The second-order valence-corrected chi connectivity index (χ2v) is 20.5. The number of rotatable bonds is 14. The standard InChI is InChI=1S/C44H53N4O14PS/c49-40(46-36-19-30-17-29(30)18-33-4-5-37(48(33)41(36)50)42(51)47-22-32(23-47)28-2-1-11-45-21-28)39-20-31-16-27(3-6-38(31)64-39)24-63(54,59-25-57-43(52)61-34-7-12-55-13-8-34)60-26-58-44(53)62-35-9-14-56-15-10-35/h1-3,6,11,16,20-21,29-30,32-37H,4-5,7-10,12-15,17-19,22-26H2,(H,46,49)/t29-,30+,33+,36-,37-/m0/s1. The predicted octanol–water partition coefficient (Wildman–Crippen LogP) is 6.12. The van der Waals surface area contributed by atoms with Crippen molar-refractivity contribution in [3.63, 3.8) is 0 Å². The van der Waals surface area contributed by atoms with Crippen LogP contribution >= 0.6 is 18.9 Å². The van der Waals surface area contributed by atoms with Gasteiger partial charge in [-0.05, 0) is 84.7 Å². The monoisotopic (exact) mass is 924 g/mol. The molecule has 7 heterocycles. The Balaban J connectivity index is 0.839. The summed E-state index contributed by atoms with van der Waals surface area (Å²) in [5.41, 5.74) is 1.59. The Morgan fingerprint density at radius 1 is 0.828 bits per heavy atom. The molecule has 0 bridgehead atoms. The van der Waals surface area contributed by atoms with Crippen LogP contribution in [0.5, 0.6) is 0 Å². The van der Waals surface area contributed by atoms with E-state index in [1.54, 1.807) is 35.4 Å². The van der Waals surface area contributed by atoms with Crippen LogP contribution in [-0.4, -0.2) is 128 Å². The van der Waals surface area contributed by atoms with Crippen molar-refractivity contribution in [2.75, 3.05) is 53.1 Å². The number of hydrogen-bond donors (Lipinski definition) is 1. The number of likely N-dealkylation sites (tertiary alicyclic amines) is 1. The number of benzene rings is 1. The summed E-state index contributed by atoms with van der Waals surface area (Å²) < 4.78 is 57.2. The van der Waals surface area contributed by atoms with Gasteiger partial charge in [-0.2, -0.15) is 0 Å². The lowest BCUT2D eigenvalue weighted by molar-refractivity contribution is -0.149. The maximum absolute atomic E-state index is 14.4. The molecular weight excluding hydrogens is 872 g/mol. The van der Waals surface area contributed by atoms with Crippen LogP contribution in [-0.2, 0) is 57.8 Å². The lowest BCUT2D eigenvalue weighted by Gasteiger charge is -2.43. The molecule has 20 heteroatoms. The summed E-state index contributed by atoms with van der Waals surface area (Å²) in [4.78, 5) is 75.2. The number of ether oxygens (including phenoxy) is 6. The zero-order valence-corrected chi connectivity index (χ0v) is 37.1. The normalized spacial score (nSPS) is 25.3. The van der Waals surface area contributed by atoms with Gasteiger partial charge in [-0.3, -0.25) is 33.0 Å². The molecule has 1 aliphatic carbocycles. The number of carbonyl (C=O) groups is 5. The predicted molar refractivity (Wildman–Crippen MR) is 227 cm³/mol. The number of aromatic nitrogens is 1. The van der Waals surface area contributed by atoms with Crippen LogP contribution in [0.2, 0.25) is 0 Å². The Morgan fingerprint density at radius 3 is 2.16 bits per heavy atom. The van der Waals surface area contributed by atoms with Gasteiger partial charge in [0.05, 0.1) is 37.5 Å². The average molecular weight is 925 g/mol. The molecule has 18 nitrogen and oxygen atoms in total. The molecule has 9 rings (SSSR count). The van der Waals surface area contributed by atoms with Crippen LogP contribution < -0.4 is 5.32 Å². The molecule has 3 aromatic rings. The van der Waals surface area contributed by atoms with Gasteiger partial charge in [0.15, 0.2) is 0 Å². The van der Waals surface area contributed by atoms with Gasteiger partial charge < -0.3 is 43.5 Å². The number of hydrogen-bond acceptors (Lipinski definition) is 16. The molecule has 6 fully saturated rings. The van der Waals surface area contributed by atoms with E-state index in [4.69, 9.17) is 37.5 Å². The molecule has 64 heavy (non-hydrogen) atoms. The fraction of sp³-hybridized carbons (Fsp3) is 0.591. The molecular formula is C44H53N4O14PS. The highest BCUT2D eigenvalue weighted by Gasteiger charge is 2.52. The van der Waals surface area contributed by atoms with Gasteiger partial charge in [0.2, 0.25) is 25.4 Å². The first-order chi connectivity index (χ1) is 31.1. The minimum atomic E-state index is -4.17. The quantitative estimate of drug-likeness (QED) is 0.110. The maximum atomic E-state index is 14.4. The number of nitrogens with one attached hydrogen (secondary N) is 1. The van der Waals surface area contributed by atoms with E-state index in [2.05, 4.69) is 10.3 Å². The third-order valence-corrected chi connectivity index (χ3v) is 15.9. The van der Waals surface area contributed by atoms with Crippen LogP contribution in [0.3, 0.4) is 0 Å². The molecule has 0 unspecified atom stereocenters. The number of carbonyl (C=O) groups excluding carboxylic acids is 5. The van der Waals surface area contributed by atoms with Crippen molar-refractivity contribution in [3.05, 3.63) is 64.8 Å². The summed E-state index contributed by atoms with van der Waals surface area (Å²) >= 11 is 1.25. The number of nitrogens with zero attached hydrogens (tertiary/aromatic N) is 3. The summed E-state index contributed by atoms with van der Waals surface area (Å²) in [6, 6.07) is 9.48. The second kappa shape index (κ2) is 19.8. The molecule has 344 valence electrons. The van der Waals surface area contributed by atoms with Gasteiger partial charge in [-0.25, -0.2) is 9.59 Å². The first-order valence-electron chi connectivity index (χ1n) is 22.1. The molecule has 0 radical (unpaired) electrons. The van der Waals surface area contributed by atoms with E-state index in [-0.39, 0.29) is 42.1 Å². The lowest BCUT2D eigenvalue weighted by atomic mass is 9.92. The molecule has 5 saturated heterocycles. The van der Waals surface area contributed by atoms with Crippen LogP contribution in [0.25, 0.3) is 10.1 Å². The van der Waals surface area contributed by atoms with Crippen molar-refractivity contribution < 1.29 is 66.0 Å². The van der Waals surface area contributed by atoms with Gasteiger partial charge in [0, 0.05) is 67.8 Å². The molecule has 2 aromatic heterocycles. The molecule has 1 saturated carbocycles. The summed E-state index contributed by atoms with van der Waals surface area (Å²) in [6.45, 7) is 1.45. The van der Waals surface area contributed by atoms with Crippen LogP contribution in [0.4, 0.5) is 9.59 Å². The zero-order valence-electron chi connectivity index (χ0n) is 35.4. The first kappa shape index (κ1) is 44.5. The number of pyridine rings is 1. The Bertz CT molecular complexity index is 2190. The first-order valence-corrected chi connectivity index (χ1v) is 24.7. The van der Waals surface area contributed by atoms with Crippen LogP contribution in [0, 0.1) is 11.8 Å². The smallest absolute Gasteiger partial charge is 0.431 e. The van der Waals surface area contributed by atoms with E-state index in [0.29, 0.717) is 106 Å². The van der Waals surface area contributed by atoms with Gasteiger partial charge >= 0.3 is 19.9 Å². The summed E-state index contributed by atoms with van der Waals surface area (Å²) in [5, 5.41) is 3.71. The van der Waals surface area contributed by atoms with Crippen molar-refractivity contribution >= 4 is 59.1 Å². The molecule has 5 aliphatic heterocycles. The number of amides is 3. The molecule has 6 aliphatic rings. The fourth-order valence-electron chi connectivity index (χ4n) is 9.45. The highest BCUT2D eigenvalue weighted by atomic mass is 32.1. The molecule has 1 N–H and O–H groups in total. The largest absolute Gasteiger partial charge is 0.510 e. The van der Waals surface area contributed by atoms with Crippen LogP contribution in [0.1, 0.15) is 84.5 Å². The molecule has 3 amide bonds. The van der Waals surface area contributed by atoms with Gasteiger partial charge in [-0.15, -0.1) is 11.3 Å². The Hall–Kier alpha value is -4.65. The lowest BCUT2D eigenvalue weighted by Crippen LogP contribution is -2.59. The number of thiophene rings is 1. The maximum Gasteiger partial charge on any atom is 0.510 e. The summed E-state index contributed by atoms with van der Waals surface area (Å²) in [6.07, 6.45) is 6.33. The van der Waals surface area contributed by atoms with E-state index >= 15 is 0 Å². The van der Waals surface area contributed by atoms with Crippen molar-refractivity contribution in [1.29, 1.82) is 0 Å². The Morgan fingerprint density at radius 2 is 1.50 bits per heavy atom. The summed E-state index contributed by atoms with van der Waals surface area (Å²) in [7, 11) is -4.17. The molecule has 5 atom stereocenters. The van der Waals surface area contributed by atoms with Crippen molar-refractivity contribution in [2.24, 2.45) is 11.8 Å². The Kier molecular flexibility index (Phi) is 13.8. The van der Waals surface area contributed by atoms with Crippen molar-refractivity contribution in [1.82, 2.24) is 20.1 Å². The topological polar surface area (TPSA) is 208 Å². The van der Waals surface area contributed by atoms with Gasteiger partial charge in [-0.1, -0.05) is 12.1 Å². The second-order valence-electron chi connectivity index (χ2n) is 17.4. The Labute approximate surface area is 374 Å². The van der Waals surface area contributed by atoms with E-state index in [1.807, 2.05) is 23.2 Å².